The third kappa shape index (κ3) is 4.07. The highest BCUT2D eigenvalue weighted by atomic mass is 19.1. The number of nitrogens with zero attached hydrogens (tertiary/aromatic N) is 10. The molecule has 0 aliphatic heterocycles. The Balaban J connectivity index is 1.48. The van der Waals surface area contributed by atoms with Crippen LogP contribution in [0.1, 0.15) is 12.5 Å². The Labute approximate surface area is 186 Å². The van der Waals surface area contributed by atoms with Gasteiger partial charge in [-0.25, -0.2) is 24.0 Å². The lowest BCUT2D eigenvalue weighted by Gasteiger charge is -2.13. The van der Waals surface area contributed by atoms with Crippen molar-refractivity contribution in [2.45, 2.75) is 19.6 Å². The van der Waals surface area contributed by atoms with Gasteiger partial charge in [-0.15, -0.1) is 5.10 Å². The van der Waals surface area contributed by atoms with Crippen LogP contribution >= 0.6 is 0 Å². The van der Waals surface area contributed by atoms with Gasteiger partial charge in [-0.2, -0.15) is 10.2 Å². The summed E-state index contributed by atoms with van der Waals surface area (Å²) in [5, 5.41) is 20.4. The van der Waals surface area contributed by atoms with E-state index in [4.69, 9.17) is 4.74 Å². The highest BCUT2D eigenvalue weighted by Gasteiger charge is 2.15. The van der Waals surface area contributed by atoms with Crippen LogP contribution < -0.4 is 4.74 Å². The summed E-state index contributed by atoms with van der Waals surface area (Å²) in [4.78, 5) is 17.7. The monoisotopic (exact) mass is 442 g/mol. The summed E-state index contributed by atoms with van der Waals surface area (Å²) in [6, 6.07) is 11.1. The molecule has 162 valence electrons. The molecule has 0 spiro atoms. The van der Waals surface area contributed by atoms with Crippen molar-refractivity contribution in [3.05, 3.63) is 66.6 Å². The van der Waals surface area contributed by atoms with Gasteiger partial charge in [0.25, 0.3) is 0 Å². The van der Waals surface area contributed by atoms with Gasteiger partial charge in [-0.3, -0.25) is 4.57 Å². The van der Waals surface area contributed by atoms with Crippen LogP contribution in [0.5, 0.6) is 5.88 Å². The Morgan fingerprint density at radius 2 is 2.03 bits per heavy atom. The summed E-state index contributed by atoms with van der Waals surface area (Å²) < 4.78 is 22.9. The molecule has 0 saturated carbocycles. The van der Waals surface area contributed by atoms with Gasteiger partial charge in [0, 0.05) is 12.3 Å². The van der Waals surface area contributed by atoms with Crippen molar-refractivity contribution < 1.29 is 9.13 Å². The average Bonchev–Trinajstić information content (AvgIpc) is 3.48. The fraction of sp³-hybridized carbons (Fsp3) is 0.143. The first-order valence-corrected chi connectivity index (χ1v) is 9.85. The van der Waals surface area contributed by atoms with E-state index in [9.17, 15) is 9.65 Å². The molecule has 0 fully saturated rings. The molecule has 0 bridgehead atoms. The zero-order valence-corrected chi connectivity index (χ0v) is 17.2. The van der Waals surface area contributed by atoms with Crippen LogP contribution in [0.4, 0.5) is 4.39 Å². The lowest BCUT2D eigenvalue weighted by molar-refractivity contribution is 0.185. The SMILES string of the molecule is C[C@@H](Cn1cnnn1)Oc1ccnc(-c2ccc3ncn(-c4cc(F)ccc4C#N)c3n2)n1. The number of imidazole rings is 1. The van der Waals surface area contributed by atoms with Gasteiger partial charge < -0.3 is 4.74 Å². The molecule has 4 heterocycles. The van der Waals surface area contributed by atoms with Gasteiger partial charge in [0.1, 0.15) is 41.9 Å². The second-order valence-corrected chi connectivity index (χ2v) is 7.11. The number of hydrogen-bond acceptors (Lipinski definition) is 9. The van der Waals surface area contributed by atoms with E-state index in [2.05, 4.69) is 41.5 Å². The van der Waals surface area contributed by atoms with Crippen LogP contribution in [0.15, 0.2) is 55.2 Å². The van der Waals surface area contributed by atoms with E-state index in [0.717, 1.165) is 0 Å². The quantitative estimate of drug-likeness (QED) is 0.388. The lowest BCUT2D eigenvalue weighted by atomic mass is 10.2. The number of nitriles is 1. The zero-order valence-electron chi connectivity index (χ0n) is 17.2. The van der Waals surface area contributed by atoms with Crippen LogP contribution in [0.3, 0.4) is 0 Å². The van der Waals surface area contributed by atoms with E-state index in [0.29, 0.717) is 46.4 Å². The second-order valence-electron chi connectivity index (χ2n) is 7.11. The molecule has 0 radical (unpaired) electrons. The van der Waals surface area contributed by atoms with E-state index < -0.39 is 5.82 Å². The van der Waals surface area contributed by atoms with Crippen LogP contribution in [0.2, 0.25) is 0 Å². The summed E-state index contributed by atoms with van der Waals surface area (Å²) >= 11 is 0. The standard InChI is InChI=1S/C21H15FN10O/c1-13(10-31-12-26-29-30-31)33-19-6-7-24-20(28-19)16-4-5-17-21(27-16)32(11-25-17)18-8-15(22)3-2-14(18)9-23/h2-8,11-13H,10H2,1H3/t13-/m0/s1. The third-order valence-corrected chi connectivity index (χ3v) is 4.75. The molecule has 5 aromatic rings. The molecular formula is C21H15FN10O. The van der Waals surface area contributed by atoms with Gasteiger partial charge in [-0.05, 0) is 47.7 Å². The van der Waals surface area contributed by atoms with Crippen molar-refractivity contribution in [3.63, 3.8) is 0 Å². The summed E-state index contributed by atoms with van der Waals surface area (Å²) in [6.45, 7) is 2.32. The van der Waals surface area contributed by atoms with Crippen molar-refractivity contribution in [1.29, 1.82) is 5.26 Å². The molecule has 12 heteroatoms. The van der Waals surface area contributed by atoms with Crippen molar-refractivity contribution in [2.24, 2.45) is 0 Å². The molecule has 11 nitrogen and oxygen atoms in total. The average molecular weight is 442 g/mol. The number of ether oxygens (including phenoxy) is 1. The van der Waals surface area contributed by atoms with Crippen LogP contribution in [-0.4, -0.2) is 50.8 Å². The molecule has 1 atom stereocenters. The van der Waals surface area contributed by atoms with Gasteiger partial charge >= 0.3 is 0 Å². The minimum Gasteiger partial charge on any atom is -0.473 e. The number of pyridine rings is 1. The molecule has 0 aliphatic rings. The maximum Gasteiger partial charge on any atom is 0.217 e. The first-order valence-electron chi connectivity index (χ1n) is 9.85. The van der Waals surface area contributed by atoms with Gasteiger partial charge in [0.05, 0.1) is 17.8 Å². The molecule has 1 aromatic carbocycles. The first-order chi connectivity index (χ1) is 16.1. The third-order valence-electron chi connectivity index (χ3n) is 4.75. The molecule has 0 N–H and O–H groups in total. The van der Waals surface area contributed by atoms with Crippen LogP contribution in [0.25, 0.3) is 28.4 Å². The Morgan fingerprint density at radius 1 is 1.12 bits per heavy atom. The first kappa shape index (κ1) is 20.1. The lowest BCUT2D eigenvalue weighted by Crippen LogP contribution is -2.20. The van der Waals surface area contributed by atoms with E-state index in [1.807, 2.05) is 6.92 Å². The number of hydrogen-bond donors (Lipinski definition) is 0. The van der Waals surface area contributed by atoms with Crippen LogP contribution in [0, 0.1) is 17.1 Å². The predicted octanol–water partition coefficient (Wildman–Crippen LogP) is 2.34. The topological polar surface area (TPSA) is 133 Å². The molecule has 0 amide bonds. The molecule has 4 aromatic heterocycles. The van der Waals surface area contributed by atoms with Gasteiger partial charge in [-0.1, -0.05) is 0 Å². The molecule has 0 aliphatic carbocycles. The number of tetrazole rings is 1. The van der Waals surface area contributed by atoms with E-state index >= 15 is 0 Å². The Morgan fingerprint density at radius 3 is 2.85 bits per heavy atom. The molecule has 33 heavy (non-hydrogen) atoms. The number of benzene rings is 1. The molecular weight excluding hydrogens is 427 g/mol. The number of fused-ring (bicyclic) bond motifs is 1. The second kappa shape index (κ2) is 8.39. The largest absolute Gasteiger partial charge is 0.473 e. The summed E-state index contributed by atoms with van der Waals surface area (Å²) in [6.07, 6.45) is 4.33. The van der Waals surface area contributed by atoms with E-state index in [-0.39, 0.29) is 6.10 Å². The van der Waals surface area contributed by atoms with Crippen molar-refractivity contribution in [2.75, 3.05) is 0 Å². The minimum absolute atomic E-state index is 0.245. The summed E-state index contributed by atoms with van der Waals surface area (Å²) in [5.41, 5.74) is 2.13. The van der Waals surface area contributed by atoms with E-state index in [1.54, 1.807) is 33.6 Å². The Kier molecular flexibility index (Phi) is 5.12. The highest BCUT2D eigenvalue weighted by Crippen LogP contribution is 2.24. The van der Waals surface area contributed by atoms with Crippen molar-refractivity contribution in [1.82, 2.24) is 44.7 Å². The Bertz CT molecular complexity index is 1470. The number of halogens is 1. The maximum absolute atomic E-state index is 13.9. The van der Waals surface area contributed by atoms with E-state index in [1.165, 1.54) is 30.9 Å². The molecule has 0 unspecified atom stereocenters. The highest BCUT2D eigenvalue weighted by molar-refractivity contribution is 5.76. The van der Waals surface area contributed by atoms with Gasteiger partial charge in [0.15, 0.2) is 11.5 Å². The predicted molar refractivity (Wildman–Crippen MR) is 112 cm³/mol. The fourth-order valence-corrected chi connectivity index (χ4v) is 3.30. The van der Waals surface area contributed by atoms with Crippen molar-refractivity contribution >= 4 is 11.2 Å². The van der Waals surface area contributed by atoms with Crippen molar-refractivity contribution in [3.8, 4) is 29.2 Å². The fourth-order valence-electron chi connectivity index (χ4n) is 3.30. The summed E-state index contributed by atoms with van der Waals surface area (Å²) in [5.74, 6) is 0.246. The maximum atomic E-state index is 13.9. The van der Waals surface area contributed by atoms with Gasteiger partial charge in [0.2, 0.25) is 5.88 Å². The van der Waals surface area contributed by atoms with Crippen LogP contribution in [-0.2, 0) is 6.54 Å². The molecule has 0 saturated heterocycles. The normalized spacial score (nSPS) is 11.9. The summed E-state index contributed by atoms with van der Waals surface area (Å²) in [7, 11) is 0. The zero-order chi connectivity index (χ0) is 22.8. The smallest absolute Gasteiger partial charge is 0.217 e. The molecule has 5 rings (SSSR count). The number of aromatic nitrogens is 9. The number of rotatable bonds is 6. The minimum atomic E-state index is -0.467. The Hall–Kier alpha value is -4.79.